The summed E-state index contributed by atoms with van der Waals surface area (Å²) in [6.45, 7) is 5.58. The van der Waals surface area contributed by atoms with E-state index >= 15 is 0 Å². The van der Waals surface area contributed by atoms with Crippen LogP contribution in [0.1, 0.15) is 0 Å². The standard InChI is InChI=1S/C17H20Cl2N6O2.ClH/c18-12-2-1-3-13(14(12)19)20-15-21-16(24-4-8-26-9-5-24)23-17(22-15)25-6-10-27-11-7-25;/h1-3H,4-11H2,(H,20,21,22,23);1H. The van der Waals surface area contributed by atoms with Crippen molar-refractivity contribution in [2.24, 2.45) is 0 Å². The molecule has 0 saturated carbocycles. The maximum Gasteiger partial charge on any atom is 0.233 e. The van der Waals surface area contributed by atoms with Crippen LogP contribution < -0.4 is 15.1 Å². The molecule has 4 rings (SSSR count). The average Bonchev–Trinajstić information content (AvgIpc) is 2.72. The summed E-state index contributed by atoms with van der Waals surface area (Å²) in [7, 11) is 0. The molecule has 0 spiro atoms. The quantitative estimate of drug-likeness (QED) is 0.766. The lowest BCUT2D eigenvalue weighted by Crippen LogP contribution is -2.40. The summed E-state index contributed by atoms with van der Waals surface area (Å²) in [6.07, 6.45) is 0. The molecule has 11 heteroatoms. The fraction of sp³-hybridized carbons (Fsp3) is 0.471. The Bertz CT molecular complexity index is 764. The van der Waals surface area contributed by atoms with Gasteiger partial charge in [-0.05, 0) is 12.1 Å². The van der Waals surface area contributed by atoms with Crippen LogP contribution in [0.25, 0.3) is 0 Å². The largest absolute Gasteiger partial charge is 0.378 e. The highest BCUT2D eigenvalue weighted by atomic mass is 35.5. The highest BCUT2D eigenvalue weighted by molar-refractivity contribution is 6.43. The number of morpholine rings is 2. The van der Waals surface area contributed by atoms with E-state index in [1.165, 1.54) is 0 Å². The molecule has 28 heavy (non-hydrogen) atoms. The van der Waals surface area contributed by atoms with Crippen LogP contribution in [-0.4, -0.2) is 67.6 Å². The number of ether oxygens (including phenoxy) is 2. The summed E-state index contributed by atoms with van der Waals surface area (Å²) in [5, 5.41) is 4.08. The maximum atomic E-state index is 6.30. The first kappa shape index (κ1) is 21.1. The van der Waals surface area contributed by atoms with Crippen molar-refractivity contribution in [3.8, 4) is 0 Å². The van der Waals surface area contributed by atoms with Crippen LogP contribution in [0.5, 0.6) is 0 Å². The lowest BCUT2D eigenvalue weighted by atomic mass is 10.3. The summed E-state index contributed by atoms with van der Waals surface area (Å²) < 4.78 is 10.9. The average molecular weight is 448 g/mol. The Balaban J connectivity index is 0.00000225. The molecule has 0 amide bonds. The number of aromatic nitrogens is 3. The minimum absolute atomic E-state index is 0. The van der Waals surface area contributed by atoms with Crippen molar-refractivity contribution in [3.05, 3.63) is 28.2 Å². The SMILES string of the molecule is Cl.Clc1cccc(Nc2nc(N3CCOCC3)nc(N3CCOCC3)n2)c1Cl. The molecule has 0 unspecified atom stereocenters. The molecule has 2 saturated heterocycles. The normalized spacial score (nSPS) is 17.2. The highest BCUT2D eigenvalue weighted by Crippen LogP contribution is 2.31. The third-order valence-electron chi connectivity index (χ3n) is 4.40. The molecule has 2 fully saturated rings. The molecule has 0 aliphatic carbocycles. The van der Waals surface area contributed by atoms with E-state index in [0.717, 1.165) is 26.2 Å². The van der Waals surface area contributed by atoms with Crippen LogP contribution in [0.2, 0.25) is 10.0 Å². The first-order valence-corrected chi connectivity index (χ1v) is 9.59. The predicted octanol–water partition coefficient (Wildman–Crippen LogP) is 3.02. The Kier molecular flexibility index (Phi) is 7.36. The van der Waals surface area contributed by atoms with Crippen LogP contribution in [0.4, 0.5) is 23.5 Å². The van der Waals surface area contributed by atoms with Gasteiger partial charge >= 0.3 is 0 Å². The fourth-order valence-electron chi connectivity index (χ4n) is 2.94. The van der Waals surface area contributed by atoms with Gasteiger partial charge in [-0.15, -0.1) is 12.4 Å². The first-order valence-electron chi connectivity index (χ1n) is 8.83. The molecule has 1 aromatic carbocycles. The maximum absolute atomic E-state index is 6.30. The van der Waals surface area contributed by atoms with Gasteiger partial charge in [-0.1, -0.05) is 29.3 Å². The van der Waals surface area contributed by atoms with Gasteiger partial charge < -0.3 is 24.6 Å². The summed E-state index contributed by atoms with van der Waals surface area (Å²) in [5.74, 6) is 1.67. The molecule has 152 valence electrons. The van der Waals surface area contributed by atoms with Crippen molar-refractivity contribution in [1.29, 1.82) is 0 Å². The number of hydrogen-bond acceptors (Lipinski definition) is 8. The van der Waals surface area contributed by atoms with Crippen LogP contribution in [0.15, 0.2) is 18.2 Å². The molecule has 2 aliphatic rings. The van der Waals surface area contributed by atoms with E-state index in [1.807, 2.05) is 12.1 Å². The summed E-state index contributed by atoms with van der Waals surface area (Å²) >= 11 is 12.4. The lowest BCUT2D eigenvalue weighted by molar-refractivity contribution is 0.121. The molecule has 0 atom stereocenters. The highest BCUT2D eigenvalue weighted by Gasteiger charge is 2.21. The number of anilines is 4. The molecular weight excluding hydrogens is 427 g/mol. The minimum atomic E-state index is 0. The molecule has 2 aromatic rings. The van der Waals surface area contributed by atoms with E-state index in [1.54, 1.807) is 6.07 Å². The number of halogens is 3. The number of hydrogen-bond donors (Lipinski definition) is 1. The van der Waals surface area contributed by atoms with Gasteiger partial charge in [0.1, 0.15) is 0 Å². The number of nitrogens with one attached hydrogen (secondary N) is 1. The molecule has 3 heterocycles. The van der Waals surface area contributed by atoms with Crippen LogP contribution in [0, 0.1) is 0 Å². The molecule has 2 aliphatic heterocycles. The zero-order valence-corrected chi connectivity index (χ0v) is 17.4. The van der Waals surface area contributed by atoms with Crippen molar-refractivity contribution in [1.82, 2.24) is 15.0 Å². The zero-order chi connectivity index (χ0) is 18.6. The first-order chi connectivity index (χ1) is 13.2. The third kappa shape index (κ3) is 4.87. The Morgan fingerprint density at radius 3 is 1.89 bits per heavy atom. The monoisotopic (exact) mass is 446 g/mol. The lowest BCUT2D eigenvalue weighted by Gasteiger charge is -2.30. The Labute approximate surface area is 179 Å². The number of rotatable bonds is 4. The molecule has 0 bridgehead atoms. The van der Waals surface area contributed by atoms with Crippen molar-refractivity contribution in [2.45, 2.75) is 0 Å². The molecule has 1 aromatic heterocycles. The summed E-state index contributed by atoms with van der Waals surface area (Å²) in [6, 6.07) is 5.39. The fourth-order valence-corrected chi connectivity index (χ4v) is 3.29. The van der Waals surface area contributed by atoms with Gasteiger partial charge in [-0.3, -0.25) is 0 Å². The molecule has 1 N–H and O–H groups in total. The number of benzene rings is 1. The van der Waals surface area contributed by atoms with Crippen LogP contribution >= 0.6 is 35.6 Å². The Morgan fingerprint density at radius 1 is 0.821 bits per heavy atom. The molecular formula is C17H21Cl3N6O2. The van der Waals surface area contributed by atoms with Crippen LogP contribution in [0.3, 0.4) is 0 Å². The second kappa shape index (κ2) is 9.76. The van der Waals surface area contributed by atoms with Crippen molar-refractivity contribution in [3.63, 3.8) is 0 Å². The number of nitrogens with zero attached hydrogens (tertiary/aromatic N) is 5. The Hall–Kier alpha value is -1.58. The van der Waals surface area contributed by atoms with Crippen LogP contribution in [-0.2, 0) is 9.47 Å². The predicted molar refractivity (Wildman–Crippen MR) is 113 cm³/mol. The van der Waals surface area contributed by atoms with Crippen molar-refractivity contribution >= 4 is 59.1 Å². The van der Waals surface area contributed by atoms with E-state index in [-0.39, 0.29) is 12.4 Å². The van der Waals surface area contributed by atoms with Gasteiger partial charge in [0, 0.05) is 26.2 Å². The minimum Gasteiger partial charge on any atom is -0.378 e. The van der Waals surface area contributed by atoms with Gasteiger partial charge in [0.25, 0.3) is 0 Å². The van der Waals surface area contributed by atoms with Crippen molar-refractivity contribution in [2.75, 3.05) is 67.7 Å². The molecule has 8 nitrogen and oxygen atoms in total. The van der Waals surface area contributed by atoms with E-state index in [4.69, 9.17) is 32.7 Å². The second-order valence-corrected chi connectivity index (χ2v) is 6.97. The summed E-state index contributed by atoms with van der Waals surface area (Å²) in [5.41, 5.74) is 0.649. The molecule has 0 radical (unpaired) electrons. The zero-order valence-electron chi connectivity index (χ0n) is 15.1. The van der Waals surface area contributed by atoms with Gasteiger partial charge in [-0.2, -0.15) is 15.0 Å². The second-order valence-electron chi connectivity index (χ2n) is 6.18. The van der Waals surface area contributed by atoms with Gasteiger partial charge in [-0.25, -0.2) is 0 Å². The third-order valence-corrected chi connectivity index (χ3v) is 5.22. The van der Waals surface area contributed by atoms with E-state index < -0.39 is 0 Å². The van der Waals surface area contributed by atoms with Gasteiger partial charge in [0.05, 0.1) is 42.2 Å². The van der Waals surface area contributed by atoms with E-state index in [0.29, 0.717) is 60.0 Å². The Morgan fingerprint density at radius 2 is 1.36 bits per heavy atom. The topological polar surface area (TPSA) is 75.6 Å². The smallest absolute Gasteiger partial charge is 0.233 e. The van der Waals surface area contributed by atoms with E-state index in [2.05, 4.69) is 30.1 Å². The van der Waals surface area contributed by atoms with Crippen molar-refractivity contribution < 1.29 is 9.47 Å². The summed E-state index contributed by atoms with van der Waals surface area (Å²) in [4.78, 5) is 18.1. The van der Waals surface area contributed by atoms with Gasteiger partial charge in [0.15, 0.2) is 0 Å². The van der Waals surface area contributed by atoms with Gasteiger partial charge in [0.2, 0.25) is 17.8 Å². The van der Waals surface area contributed by atoms with E-state index in [9.17, 15) is 0 Å².